The standard InChI is InChI=1S/C15H24N4O3.ClH/c1-9-17-14(18-22-9)10-4-6-19(7-5-10)15(21)11-2-3-12(16)13(20)8-11;/h10-13,20H,2-8,16H2,1H3;1H/t11-,12+,13+;/m0./s1. The molecule has 2 aliphatic rings. The highest BCUT2D eigenvalue weighted by atomic mass is 35.5. The highest BCUT2D eigenvalue weighted by molar-refractivity contribution is 5.85. The van der Waals surface area contributed by atoms with E-state index < -0.39 is 6.10 Å². The van der Waals surface area contributed by atoms with Gasteiger partial charge in [-0.15, -0.1) is 12.4 Å². The average molecular weight is 345 g/mol. The number of rotatable bonds is 2. The summed E-state index contributed by atoms with van der Waals surface area (Å²) < 4.78 is 5.03. The van der Waals surface area contributed by atoms with E-state index in [2.05, 4.69) is 10.1 Å². The zero-order valence-electron chi connectivity index (χ0n) is 13.4. The summed E-state index contributed by atoms with van der Waals surface area (Å²) in [5, 5.41) is 13.8. The third-order valence-electron chi connectivity index (χ3n) is 4.93. The summed E-state index contributed by atoms with van der Waals surface area (Å²) in [6.45, 7) is 3.22. The molecule has 1 aliphatic heterocycles. The van der Waals surface area contributed by atoms with E-state index in [1.807, 2.05) is 4.90 Å². The fourth-order valence-electron chi connectivity index (χ4n) is 3.49. The van der Waals surface area contributed by atoms with Crippen LogP contribution in [0.5, 0.6) is 0 Å². The molecule has 3 rings (SSSR count). The zero-order valence-corrected chi connectivity index (χ0v) is 14.2. The van der Waals surface area contributed by atoms with Crippen LogP contribution >= 0.6 is 12.4 Å². The van der Waals surface area contributed by atoms with E-state index in [0.717, 1.165) is 44.6 Å². The molecule has 1 saturated carbocycles. The minimum Gasteiger partial charge on any atom is -0.391 e. The Morgan fingerprint density at radius 2 is 2.00 bits per heavy atom. The quantitative estimate of drug-likeness (QED) is 0.829. The van der Waals surface area contributed by atoms with Crippen molar-refractivity contribution in [3.8, 4) is 0 Å². The number of nitrogens with zero attached hydrogens (tertiary/aromatic N) is 3. The molecule has 23 heavy (non-hydrogen) atoms. The van der Waals surface area contributed by atoms with Crippen LogP contribution in [0.4, 0.5) is 0 Å². The Balaban J connectivity index is 0.00000192. The molecule has 0 aromatic carbocycles. The van der Waals surface area contributed by atoms with Crippen molar-refractivity contribution in [2.75, 3.05) is 13.1 Å². The molecule has 7 nitrogen and oxygen atoms in total. The predicted octanol–water partition coefficient (Wildman–Crippen LogP) is 0.994. The Labute approximate surface area is 142 Å². The van der Waals surface area contributed by atoms with Gasteiger partial charge in [0.15, 0.2) is 5.82 Å². The van der Waals surface area contributed by atoms with Gasteiger partial charge in [0, 0.05) is 37.9 Å². The van der Waals surface area contributed by atoms with Gasteiger partial charge in [0.05, 0.1) is 6.10 Å². The van der Waals surface area contributed by atoms with Gasteiger partial charge in [-0.25, -0.2) is 0 Å². The van der Waals surface area contributed by atoms with Crippen molar-refractivity contribution < 1.29 is 14.4 Å². The van der Waals surface area contributed by atoms with Crippen molar-refractivity contribution in [3.63, 3.8) is 0 Å². The van der Waals surface area contributed by atoms with Crippen LogP contribution in [0.1, 0.15) is 49.7 Å². The molecule has 3 atom stereocenters. The van der Waals surface area contributed by atoms with Crippen LogP contribution in [0, 0.1) is 12.8 Å². The van der Waals surface area contributed by atoms with Gasteiger partial charge in [-0.1, -0.05) is 5.16 Å². The molecule has 0 bridgehead atoms. The smallest absolute Gasteiger partial charge is 0.225 e. The number of halogens is 1. The first-order chi connectivity index (χ1) is 10.5. The highest BCUT2D eigenvalue weighted by Crippen LogP contribution is 2.30. The second-order valence-corrected chi connectivity index (χ2v) is 6.51. The maximum Gasteiger partial charge on any atom is 0.225 e. The second-order valence-electron chi connectivity index (χ2n) is 6.51. The summed E-state index contributed by atoms with van der Waals surface area (Å²) in [6.07, 6.45) is 3.16. The molecule has 1 saturated heterocycles. The Bertz CT molecular complexity index is 531. The van der Waals surface area contributed by atoms with Gasteiger partial charge in [-0.3, -0.25) is 4.79 Å². The molecule has 1 aliphatic carbocycles. The number of aliphatic hydroxyl groups excluding tert-OH is 1. The fraction of sp³-hybridized carbons (Fsp3) is 0.800. The average Bonchev–Trinajstić information content (AvgIpc) is 2.96. The van der Waals surface area contributed by atoms with Crippen LogP contribution in [-0.2, 0) is 4.79 Å². The molecule has 0 radical (unpaired) electrons. The van der Waals surface area contributed by atoms with Gasteiger partial charge in [0.1, 0.15) is 0 Å². The van der Waals surface area contributed by atoms with Gasteiger partial charge in [-0.05, 0) is 32.1 Å². The van der Waals surface area contributed by atoms with Crippen molar-refractivity contribution in [2.45, 2.75) is 57.1 Å². The van der Waals surface area contributed by atoms with E-state index in [0.29, 0.717) is 12.3 Å². The van der Waals surface area contributed by atoms with E-state index in [1.54, 1.807) is 6.92 Å². The molecule has 8 heteroatoms. The number of carbonyl (C=O) groups excluding carboxylic acids is 1. The molecular formula is C15H25ClN4O3. The lowest BCUT2D eigenvalue weighted by Gasteiger charge is -2.36. The third-order valence-corrected chi connectivity index (χ3v) is 4.93. The number of aryl methyl sites for hydroxylation is 1. The molecule has 1 amide bonds. The van der Waals surface area contributed by atoms with Crippen molar-refractivity contribution in [3.05, 3.63) is 11.7 Å². The van der Waals surface area contributed by atoms with Crippen LogP contribution in [0.15, 0.2) is 4.52 Å². The van der Waals surface area contributed by atoms with Crippen LogP contribution in [0.25, 0.3) is 0 Å². The summed E-state index contributed by atoms with van der Waals surface area (Å²) >= 11 is 0. The SMILES string of the molecule is Cc1nc(C2CCN(C(=O)[C@H]3CC[C@@H](N)[C@H](O)C3)CC2)no1.Cl. The molecule has 0 spiro atoms. The fourth-order valence-corrected chi connectivity index (χ4v) is 3.49. The topological polar surface area (TPSA) is 105 Å². The monoisotopic (exact) mass is 344 g/mol. The van der Waals surface area contributed by atoms with Gasteiger partial charge in [0.2, 0.25) is 11.8 Å². The Morgan fingerprint density at radius 3 is 2.57 bits per heavy atom. The summed E-state index contributed by atoms with van der Waals surface area (Å²) in [4.78, 5) is 18.8. The summed E-state index contributed by atoms with van der Waals surface area (Å²) in [6, 6.07) is -0.184. The molecule has 1 aromatic rings. The van der Waals surface area contributed by atoms with Gasteiger partial charge >= 0.3 is 0 Å². The number of aromatic nitrogens is 2. The van der Waals surface area contributed by atoms with E-state index in [1.165, 1.54) is 0 Å². The summed E-state index contributed by atoms with van der Waals surface area (Å²) in [5.41, 5.74) is 5.81. The molecular weight excluding hydrogens is 320 g/mol. The number of amides is 1. The van der Waals surface area contributed by atoms with Crippen LogP contribution in [0.2, 0.25) is 0 Å². The van der Waals surface area contributed by atoms with Crippen molar-refractivity contribution in [1.82, 2.24) is 15.0 Å². The number of carbonyl (C=O) groups is 1. The van der Waals surface area contributed by atoms with Crippen LogP contribution in [0.3, 0.4) is 0 Å². The van der Waals surface area contributed by atoms with Crippen LogP contribution in [-0.4, -0.2) is 51.3 Å². The van der Waals surface area contributed by atoms with Gasteiger partial charge in [0.25, 0.3) is 0 Å². The van der Waals surface area contributed by atoms with E-state index >= 15 is 0 Å². The molecule has 2 fully saturated rings. The number of likely N-dealkylation sites (tertiary alicyclic amines) is 1. The summed E-state index contributed by atoms with van der Waals surface area (Å²) in [5.74, 6) is 1.68. The maximum atomic E-state index is 12.6. The van der Waals surface area contributed by atoms with E-state index in [-0.39, 0.29) is 36.2 Å². The minimum atomic E-state index is -0.553. The lowest BCUT2D eigenvalue weighted by Crippen LogP contribution is -2.47. The zero-order chi connectivity index (χ0) is 15.7. The largest absolute Gasteiger partial charge is 0.391 e. The normalized spacial score (nSPS) is 29.2. The predicted molar refractivity (Wildman–Crippen MR) is 86.2 cm³/mol. The number of aliphatic hydroxyl groups is 1. The molecule has 0 unspecified atom stereocenters. The lowest BCUT2D eigenvalue weighted by atomic mass is 9.83. The molecule has 2 heterocycles. The van der Waals surface area contributed by atoms with Crippen molar-refractivity contribution in [1.29, 1.82) is 0 Å². The molecule has 1 aromatic heterocycles. The first-order valence-electron chi connectivity index (χ1n) is 8.07. The highest BCUT2D eigenvalue weighted by Gasteiger charge is 2.35. The van der Waals surface area contributed by atoms with E-state index in [4.69, 9.17) is 10.3 Å². The first kappa shape index (κ1) is 18.2. The molecule has 130 valence electrons. The number of piperidine rings is 1. The minimum absolute atomic E-state index is 0. The lowest BCUT2D eigenvalue weighted by molar-refractivity contribution is -0.139. The van der Waals surface area contributed by atoms with Crippen LogP contribution < -0.4 is 5.73 Å². The number of hydrogen-bond acceptors (Lipinski definition) is 6. The number of hydrogen-bond donors (Lipinski definition) is 2. The Kier molecular flexibility index (Phi) is 6.00. The maximum absolute atomic E-state index is 12.6. The number of nitrogens with two attached hydrogens (primary N) is 1. The van der Waals surface area contributed by atoms with Gasteiger partial charge < -0.3 is 20.3 Å². The van der Waals surface area contributed by atoms with Crippen molar-refractivity contribution >= 4 is 18.3 Å². The second kappa shape index (κ2) is 7.59. The third kappa shape index (κ3) is 4.02. The van der Waals surface area contributed by atoms with Gasteiger partial charge in [-0.2, -0.15) is 4.98 Å². The Hall–Kier alpha value is -1.18. The van der Waals surface area contributed by atoms with Crippen molar-refractivity contribution in [2.24, 2.45) is 11.7 Å². The summed E-state index contributed by atoms with van der Waals surface area (Å²) in [7, 11) is 0. The Morgan fingerprint density at radius 1 is 1.30 bits per heavy atom. The molecule has 3 N–H and O–H groups in total. The van der Waals surface area contributed by atoms with E-state index in [9.17, 15) is 9.90 Å². The first-order valence-corrected chi connectivity index (χ1v) is 8.07.